The number of rotatable bonds is 7. The Labute approximate surface area is 186 Å². The lowest BCUT2D eigenvalue weighted by Gasteiger charge is -2.33. The molecule has 9 heteroatoms. The van der Waals surface area contributed by atoms with Crippen LogP contribution in [0.15, 0.2) is 35.5 Å². The average molecular weight is 447 g/mol. The highest BCUT2D eigenvalue weighted by atomic mass is 35.5. The highest BCUT2D eigenvalue weighted by molar-refractivity contribution is 6.31. The molecule has 3 aliphatic rings. The van der Waals surface area contributed by atoms with E-state index in [-0.39, 0.29) is 36.9 Å². The van der Waals surface area contributed by atoms with Crippen LogP contribution in [-0.2, 0) is 14.3 Å². The molecule has 31 heavy (non-hydrogen) atoms. The SMILES string of the molecule is CCN1C(=O)N[C@H](c2ccccc2Cl)C2=C1CN(CCC(=O)NC[C@H]1CCCO1)C2=O. The Morgan fingerprint density at radius 1 is 1.32 bits per heavy atom. The summed E-state index contributed by atoms with van der Waals surface area (Å²) in [6, 6.07) is 6.33. The number of urea groups is 1. The third kappa shape index (κ3) is 4.41. The summed E-state index contributed by atoms with van der Waals surface area (Å²) in [7, 11) is 0. The largest absolute Gasteiger partial charge is 0.376 e. The quantitative estimate of drug-likeness (QED) is 0.671. The van der Waals surface area contributed by atoms with E-state index in [2.05, 4.69) is 10.6 Å². The molecular formula is C22H27ClN4O4. The molecule has 4 rings (SSSR count). The van der Waals surface area contributed by atoms with Gasteiger partial charge in [-0.25, -0.2) is 4.79 Å². The topological polar surface area (TPSA) is 91.0 Å². The van der Waals surface area contributed by atoms with E-state index in [1.165, 1.54) is 0 Å². The number of hydrogen-bond donors (Lipinski definition) is 2. The number of nitrogens with one attached hydrogen (secondary N) is 2. The van der Waals surface area contributed by atoms with E-state index in [0.29, 0.717) is 41.5 Å². The fourth-order valence-corrected chi connectivity index (χ4v) is 4.61. The minimum Gasteiger partial charge on any atom is -0.376 e. The molecule has 0 saturated carbocycles. The Kier molecular flexibility index (Phi) is 6.48. The van der Waals surface area contributed by atoms with Gasteiger partial charge >= 0.3 is 6.03 Å². The van der Waals surface area contributed by atoms with Crippen molar-refractivity contribution in [2.45, 2.75) is 38.3 Å². The van der Waals surface area contributed by atoms with Crippen molar-refractivity contribution in [3.63, 3.8) is 0 Å². The van der Waals surface area contributed by atoms with Gasteiger partial charge in [-0.05, 0) is 31.4 Å². The van der Waals surface area contributed by atoms with E-state index in [1.807, 2.05) is 25.1 Å². The number of likely N-dealkylation sites (N-methyl/N-ethyl adjacent to an activating group) is 1. The maximum absolute atomic E-state index is 13.3. The van der Waals surface area contributed by atoms with Crippen LogP contribution in [0.1, 0.15) is 37.8 Å². The van der Waals surface area contributed by atoms with Crippen LogP contribution in [0.4, 0.5) is 4.79 Å². The fourth-order valence-electron chi connectivity index (χ4n) is 4.36. The van der Waals surface area contributed by atoms with Crippen LogP contribution in [-0.4, -0.2) is 66.5 Å². The molecule has 166 valence electrons. The summed E-state index contributed by atoms with van der Waals surface area (Å²) in [4.78, 5) is 41.4. The zero-order valence-electron chi connectivity index (χ0n) is 17.5. The van der Waals surface area contributed by atoms with Crippen LogP contribution < -0.4 is 10.6 Å². The number of hydrogen-bond acceptors (Lipinski definition) is 4. The average Bonchev–Trinajstić information content (AvgIpc) is 3.39. The van der Waals surface area contributed by atoms with Gasteiger partial charge in [0.15, 0.2) is 0 Å². The molecule has 1 aromatic rings. The van der Waals surface area contributed by atoms with Crippen molar-refractivity contribution in [3.8, 4) is 0 Å². The summed E-state index contributed by atoms with van der Waals surface area (Å²) >= 11 is 6.37. The third-order valence-corrected chi connectivity index (χ3v) is 6.33. The predicted octanol–water partition coefficient (Wildman–Crippen LogP) is 2.21. The molecule has 3 heterocycles. The summed E-state index contributed by atoms with van der Waals surface area (Å²) in [6.07, 6.45) is 2.26. The molecule has 3 aliphatic heterocycles. The van der Waals surface area contributed by atoms with Crippen LogP contribution >= 0.6 is 11.6 Å². The molecule has 1 aromatic carbocycles. The number of nitrogens with zero attached hydrogens (tertiary/aromatic N) is 2. The van der Waals surface area contributed by atoms with Gasteiger partial charge in [0.05, 0.1) is 30.0 Å². The van der Waals surface area contributed by atoms with Crippen molar-refractivity contribution in [2.24, 2.45) is 0 Å². The van der Waals surface area contributed by atoms with E-state index in [9.17, 15) is 14.4 Å². The normalized spacial score (nSPS) is 23.3. The van der Waals surface area contributed by atoms with Crippen molar-refractivity contribution in [3.05, 3.63) is 46.1 Å². The van der Waals surface area contributed by atoms with E-state index >= 15 is 0 Å². The maximum Gasteiger partial charge on any atom is 0.322 e. The van der Waals surface area contributed by atoms with Crippen molar-refractivity contribution in [1.82, 2.24) is 20.4 Å². The monoisotopic (exact) mass is 446 g/mol. The van der Waals surface area contributed by atoms with Crippen molar-refractivity contribution in [1.29, 1.82) is 0 Å². The van der Waals surface area contributed by atoms with Gasteiger partial charge in [0, 0.05) is 37.7 Å². The molecule has 1 fully saturated rings. The first-order valence-corrected chi connectivity index (χ1v) is 11.1. The Morgan fingerprint density at radius 3 is 2.84 bits per heavy atom. The van der Waals surface area contributed by atoms with Crippen molar-refractivity contribution < 1.29 is 19.1 Å². The summed E-state index contributed by atoms with van der Waals surface area (Å²) in [5, 5.41) is 6.29. The Morgan fingerprint density at radius 2 is 2.13 bits per heavy atom. The van der Waals surface area contributed by atoms with Gasteiger partial charge in [0.1, 0.15) is 0 Å². The Balaban J connectivity index is 1.46. The molecule has 2 N–H and O–H groups in total. The molecule has 0 aliphatic carbocycles. The number of carbonyl (C=O) groups excluding carboxylic acids is 3. The number of halogens is 1. The van der Waals surface area contributed by atoms with Gasteiger partial charge < -0.3 is 20.3 Å². The van der Waals surface area contributed by atoms with Crippen molar-refractivity contribution in [2.75, 3.05) is 32.8 Å². The lowest BCUT2D eigenvalue weighted by Crippen LogP contribution is -2.47. The summed E-state index contributed by atoms with van der Waals surface area (Å²) < 4.78 is 5.52. The predicted molar refractivity (Wildman–Crippen MR) is 115 cm³/mol. The minimum absolute atomic E-state index is 0.0814. The lowest BCUT2D eigenvalue weighted by atomic mass is 9.95. The van der Waals surface area contributed by atoms with Gasteiger partial charge in [0.25, 0.3) is 5.91 Å². The number of carbonyl (C=O) groups is 3. The van der Waals surface area contributed by atoms with Gasteiger partial charge in [-0.1, -0.05) is 29.8 Å². The van der Waals surface area contributed by atoms with Gasteiger partial charge in [-0.2, -0.15) is 0 Å². The standard InChI is InChI=1S/C22H27ClN4O4/c1-2-27-17-13-26(10-9-18(28)24-12-14-6-5-11-31-14)21(29)19(17)20(25-22(27)30)15-7-3-4-8-16(15)23/h3-4,7-8,14,20H,2,5-6,9-13H2,1H3,(H,24,28)(H,25,30)/t14-,20-/m1/s1. The van der Waals surface area contributed by atoms with E-state index in [1.54, 1.807) is 15.9 Å². The Bertz CT molecular complexity index is 913. The molecule has 0 bridgehead atoms. The van der Waals surface area contributed by atoms with Crippen LogP contribution in [0, 0.1) is 0 Å². The van der Waals surface area contributed by atoms with Crippen LogP contribution in [0.5, 0.6) is 0 Å². The van der Waals surface area contributed by atoms with Gasteiger partial charge in [-0.3, -0.25) is 14.5 Å². The first-order valence-electron chi connectivity index (χ1n) is 10.7. The molecule has 0 radical (unpaired) electrons. The minimum atomic E-state index is -0.607. The van der Waals surface area contributed by atoms with Gasteiger partial charge in [-0.15, -0.1) is 0 Å². The Hall–Kier alpha value is -2.58. The van der Waals surface area contributed by atoms with Gasteiger partial charge in [0.2, 0.25) is 5.91 Å². The number of amides is 4. The summed E-state index contributed by atoms with van der Waals surface area (Å²) in [6.45, 7) is 4.14. The number of benzene rings is 1. The second-order valence-electron chi connectivity index (χ2n) is 7.92. The molecule has 0 unspecified atom stereocenters. The van der Waals surface area contributed by atoms with Crippen LogP contribution in [0.25, 0.3) is 0 Å². The zero-order chi connectivity index (χ0) is 22.0. The molecule has 2 atom stereocenters. The second-order valence-corrected chi connectivity index (χ2v) is 8.33. The molecular weight excluding hydrogens is 420 g/mol. The first kappa shape index (κ1) is 21.6. The summed E-state index contributed by atoms with van der Waals surface area (Å²) in [5.41, 5.74) is 1.89. The number of ether oxygens (including phenoxy) is 1. The molecule has 8 nitrogen and oxygen atoms in total. The van der Waals surface area contributed by atoms with Crippen LogP contribution in [0.3, 0.4) is 0 Å². The molecule has 1 saturated heterocycles. The molecule has 0 spiro atoms. The first-order chi connectivity index (χ1) is 15.0. The summed E-state index contributed by atoms with van der Waals surface area (Å²) in [5.74, 6) is -0.289. The highest BCUT2D eigenvalue weighted by Crippen LogP contribution is 2.38. The van der Waals surface area contributed by atoms with Crippen LogP contribution in [0.2, 0.25) is 5.02 Å². The molecule has 0 aromatic heterocycles. The third-order valence-electron chi connectivity index (χ3n) is 5.99. The fraction of sp³-hybridized carbons (Fsp3) is 0.500. The zero-order valence-corrected chi connectivity index (χ0v) is 18.3. The highest BCUT2D eigenvalue weighted by Gasteiger charge is 2.43. The smallest absolute Gasteiger partial charge is 0.322 e. The second kappa shape index (κ2) is 9.28. The van der Waals surface area contributed by atoms with E-state index < -0.39 is 6.04 Å². The lowest BCUT2D eigenvalue weighted by molar-refractivity contribution is -0.127. The molecule has 4 amide bonds. The van der Waals surface area contributed by atoms with Crippen molar-refractivity contribution >= 4 is 29.4 Å². The van der Waals surface area contributed by atoms with E-state index in [4.69, 9.17) is 16.3 Å². The van der Waals surface area contributed by atoms with E-state index in [0.717, 1.165) is 19.4 Å². The maximum atomic E-state index is 13.3.